The summed E-state index contributed by atoms with van der Waals surface area (Å²) in [5, 5.41) is 21.1. The molecule has 0 unspecified atom stereocenters. The van der Waals surface area contributed by atoms with Crippen LogP contribution >= 0.6 is 0 Å². The van der Waals surface area contributed by atoms with Gasteiger partial charge in [-0.15, -0.1) is 0 Å². The average Bonchev–Trinajstić information content (AvgIpc) is 2.08. The molecule has 5 heteroatoms. The van der Waals surface area contributed by atoms with Crippen LogP contribution in [-0.2, 0) is 0 Å². The molecule has 68 valence electrons. The Balaban J connectivity index is 3.05. The number of rotatable bonds is 2. The molecular formula is C8H11BN2O2. The summed E-state index contributed by atoms with van der Waals surface area (Å²) in [6, 6.07) is 5.04. The molecule has 13 heavy (non-hydrogen) atoms. The Bertz CT molecular complexity index is 326. The van der Waals surface area contributed by atoms with E-state index in [0.29, 0.717) is 5.46 Å². The van der Waals surface area contributed by atoms with Crippen molar-refractivity contribution in [3.05, 3.63) is 29.3 Å². The highest BCUT2D eigenvalue weighted by atomic mass is 16.4. The molecule has 1 aromatic rings. The van der Waals surface area contributed by atoms with Crippen molar-refractivity contribution in [1.82, 2.24) is 0 Å². The average molecular weight is 178 g/mol. The number of nitrogens with zero attached hydrogens (tertiary/aromatic N) is 1. The Labute approximate surface area is 76.8 Å². The lowest BCUT2D eigenvalue weighted by atomic mass is 9.79. The second kappa shape index (κ2) is 4.07. The van der Waals surface area contributed by atoms with Crippen LogP contribution in [-0.4, -0.2) is 23.4 Å². The fourth-order valence-electron chi connectivity index (χ4n) is 1.08. The van der Waals surface area contributed by atoms with Gasteiger partial charge in [0, 0.05) is 0 Å². The third kappa shape index (κ3) is 2.30. The molecule has 0 heterocycles. The van der Waals surface area contributed by atoms with Gasteiger partial charge < -0.3 is 15.9 Å². The quantitative estimate of drug-likeness (QED) is 0.234. The van der Waals surface area contributed by atoms with Crippen LogP contribution in [0.2, 0.25) is 0 Å². The van der Waals surface area contributed by atoms with Crippen LogP contribution < -0.4 is 11.3 Å². The molecule has 0 atom stereocenters. The van der Waals surface area contributed by atoms with E-state index in [0.717, 1.165) is 11.1 Å². The summed E-state index contributed by atoms with van der Waals surface area (Å²) >= 11 is 0. The summed E-state index contributed by atoms with van der Waals surface area (Å²) in [5.74, 6) is 5.00. The highest BCUT2D eigenvalue weighted by molar-refractivity contribution is 6.58. The maximum Gasteiger partial charge on any atom is 0.488 e. The summed E-state index contributed by atoms with van der Waals surface area (Å²) in [6.45, 7) is 1.85. The molecule has 0 aliphatic heterocycles. The second-order valence-corrected chi connectivity index (χ2v) is 2.77. The standard InChI is InChI=1S/C8H11BN2O2/c1-6-4-8(9(12)13)3-2-7(6)5-11-10/h2-5,12-13H,10H2,1H3. The van der Waals surface area contributed by atoms with E-state index in [1.54, 1.807) is 18.2 Å². The summed E-state index contributed by atoms with van der Waals surface area (Å²) in [4.78, 5) is 0. The number of nitrogens with two attached hydrogens (primary N) is 1. The van der Waals surface area contributed by atoms with E-state index in [4.69, 9.17) is 15.9 Å². The zero-order chi connectivity index (χ0) is 9.84. The van der Waals surface area contributed by atoms with Crippen molar-refractivity contribution in [2.45, 2.75) is 6.92 Å². The van der Waals surface area contributed by atoms with Gasteiger partial charge in [0.25, 0.3) is 0 Å². The normalized spacial score (nSPS) is 10.7. The largest absolute Gasteiger partial charge is 0.488 e. The first-order chi connectivity index (χ1) is 6.15. The van der Waals surface area contributed by atoms with Gasteiger partial charge >= 0.3 is 7.12 Å². The fraction of sp³-hybridized carbons (Fsp3) is 0.125. The first-order valence-electron chi connectivity index (χ1n) is 3.85. The lowest BCUT2D eigenvalue weighted by Gasteiger charge is -2.03. The lowest BCUT2D eigenvalue weighted by molar-refractivity contribution is 0.425. The Morgan fingerprint density at radius 3 is 2.62 bits per heavy atom. The van der Waals surface area contributed by atoms with Crippen molar-refractivity contribution in [3.63, 3.8) is 0 Å². The van der Waals surface area contributed by atoms with Crippen LogP contribution in [0, 0.1) is 6.92 Å². The van der Waals surface area contributed by atoms with Crippen molar-refractivity contribution in [3.8, 4) is 0 Å². The molecule has 0 aromatic heterocycles. The van der Waals surface area contributed by atoms with Gasteiger partial charge in [-0.05, 0) is 23.5 Å². The van der Waals surface area contributed by atoms with Crippen molar-refractivity contribution >= 4 is 18.8 Å². The molecular weight excluding hydrogens is 167 g/mol. The molecule has 0 saturated heterocycles. The highest BCUT2D eigenvalue weighted by Gasteiger charge is 2.10. The number of hydrazone groups is 1. The van der Waals surface area contributed by atoms with Crippen molar-refractivity contribution in [2.24, 2.45) is 10.9 Å². The third-order valence-corrected chi connectivity index (χ3v) is 1.81. The predicted octanol–water partition coefficient (Wildman–Crippen LogP) is -1.03. The topological polar surface area (TPSA) is 78.8 Å². The smallest absolute Gasteiger partial charge is 0.423 e. The van der Waals surface area contributed by atoms with Crippen LogP contribution in [0.5, 0.6) is 0 Å². The predicted molar refractivity (Wildman–Crippen MR) is 52.8 cm³/mol. The van der Waals surface area contributed by atoms with E-state index < -0.39 is 7.12 Å². The summed E-state index contributed by atoms with van der Waals surface area (Å²) in [6.07, 6.45) is 1.52. The van der Waals surface area contributed by atoms with Crippen LogP contribution in [0.25, 0.3) is 0 Å². The molecule has 1 rings (SSSR count). The Kier molecular flexibility index (Phi) is 3.05. The molecule has 0 aliphatic carbocycles. The van der Waals surface area contributed by atoms with Gasteiger partial charge in [-0.3, -0.25) is 0 Å². The van der Waals surface area contributed by atoms with Crippen LogP contribution in [0.4, 0.5) is 0 Å². The molecule has 0 aliphatic rings. The third-order valence-electron chi connectivity index (χ3n) is 1.81. The minimum Gasteiger partial charge on any atom is -0.423 e. The van der Waals surface area contributed by atoms with Crippen molar-refractivity contribution in [2.75, 3.05) is 0 Å². The van der Waals surface area contributed by atoms with Crippen LogP contribution in [0.1, 0.15) is 11.1 Å². The number of hydrogen-bond donors (Lipinski definition) is 3. The first kappa shape index (κ1) is 9.76. The molecule has 0 bridgehead atoms. The Hall–Kier alpha value is -1.33. The molecule has 4 nitrogen and oxygen atoms in total. The molecule has 0 amide bonds. The zero-order valence-electron chi connectivity index (χ0n) is 7.31. The monoisotopic (exact) mass is 178 g/mol. The zero-order valence-corrected chi connectivity index (χ0v) is 7.31. The maximum atomic E-state index is 8.87. The number of benzene rings is 1. The minimum absolute atomic E-state index is 0.465. The van der Waals surface area contributed by atoms with Gasteiger partial charge in [-0.1, -0.05) is 18.2 Å². The van der Waals surface area contributed by atoms with Gasteiger partial charge in [0.1, 0.15) is 0 Å². The SMILES string of the molecule is Cc1cc(B(O)O)ccc1C=NN. The maximum absolute atomic E-state index is 8.87. The van der Waals surface area contributed by atoms with Gasteiger partial charge in [-0.2, -0.15) is 5.10 Å². The van der Waals surface area contributed by atoms with E-state index in [1.807, 2.05) is 6.92 Å². The van der Waals surface area contributed by atoms with E-state index in [9.17, 15) is 0 Å². The lowest BCUT2D eigenvalue weighted by Crippen LogP contribution is -2.30. The van der Waals surface area contributed by atoms with Gasteiger partial charge in [0.05, 0.1) is 6.21 Å². The molecule has 0 fully saturated rings. The van der Waals surface area contributed by atoms with Crippen molar-refractivity contribution < 1.29 is 10.0 Å². The summed E-state index contributed by atoms with van der Waals surface area (Å²) < 4.78 is 0. The molecule has 0 spiro atoms. The van der Waals surface area contributed by atoms with E-state index in [1.165, 1.54) is 6.21 Å². The Morgan fingerprint density at radius 2 is 2.15 bits per heavy atom. The van der Waals surface area contributed by atoms with Crippen molar-refractivity contribution in [1.29, 1.82) is 0 Å². The fourth-order valence-corrected chi connectivity index (χ4v) is 1.08. The number of aryl methyl sites for hydroxylation is 1. The van der Waals surface area contributed by atoms with E-state index >= 15 is 0 Å². The van der Waals surface area contributed by atoms with E-state index in [-0.39, 0.29) is 0 Å². The molecule has 0 radical (unpaired) electrons. The highest BCUT2D eigenvalue weighted by Crippen LogP contribution is 2.02. The Morgan fingerprint density at radius 1 is 1.46 bits per heavy atom. The van der Waals surface area contributed by atoms with Gasteiger partial charge in [-0.25, -0.2) is 0 Å². The molecule has 1 aromatic carbocycles. The van der Waals surface area contributed by atoms with Gasteiger partial charge in [0.15, 0.2) is 0 Å². The van der Waals surface area contributed by atoms with Gasteiger partial charge in [0.2, 0.25) is 0 Å². The molecule has 0 saturated carbocycles. The summed E-state index contributed by atoms with van der Waals surface area (Å²) in [7, 11) is -1.43. The van der Waals surface area contributed by atoms with E-state index in [2.05, 4.69) is 5.10 Å². The minimum atomic E-state index is -1.43. The van der Waals surface area contributed by atoms with Crippen LogP contribution in [0.3, 0.4) is 0 Å². The second-order valence-electron chi connectivity index (χ2n) is 2.77. The molecule has 4 N–H and O–H groups in total. The number of hydrogen-bond acceptors (Lipinski definition) is 4. The van der Waals surface area contributed by atoms with Crippen LogP contribution in [0.15, 0.2) is 23.3 Å². The first-order valence-corrected chi connectivity index (χ1v) is 3.85. The summed E-state index contributed by atoms with van der Waals surface area (Å²) in [5.41, 5.74) is 2.23.